The molecule has 0 spiro atoms. The van der Waals surface area contributed by atoms with Gasteiger partial charge >= 0.3 is 0 Å². The second-order valence-corrected chi connectivity index (χ2v) is 7.35. The van der Waals surface area contributed by atoms with Crippen molar-refractivity contribution in [3.63, 3.8) is 0 Å². The Balaban J connectivity index is 1.71. The van der Waals surface area contributed by atoms with E-state index in [1.165, 1.54) is 4.57 Å². The third kappa shape index (κ3) is 3.36. The molecule has 0 atom stereocenters. The van der Waals surface area contributed by atoms with Crippen molar-refractivity contribution in [2.45, 2.75) is 20.4 Å². The molecule has 1 aromatic carbocycles. The van der Waals surface area contributed by atoms with E-state index in [1.54, 1.807) is 37.4 Å². The topological polar surface area (TPSA) is 110 Å². The smallest absolute Gasteiger partial charge is 0.267 e. The van der Waals surface area contributed by atoms with E-state index >= 15 is 0 Å². The molecule has 8 nitrogen and oxygen atoms in total. The van der Waals surface area contributed by atoms with Crippen LogP contribution in [-0.4, -0.2) is 30.8 Å². The molecule has 146 valence electrons. The number of hydrogen-bond acceptors (Lipinski definition) is 7. The highest BCUT2D eigenvalue weighted by atomic mass is 32.1. The number of aromatic hydroxyl groups is 1. The van der Waals surface area contributed by atoms with Crippen molar-refractivity contribution < 1.29 is 9.90 Å². The Morgan fingerprint density at radius 3 is 2.79 bits per heavy atom. The van der Waals surface area contributed by atoms with Crippen molar-refractivity contribution in [3.05, 3.63) is 64.1 Å². The number of nitrogens with one attached hydrogen (secondary N) is 1. The molecule has 3 aromatic heterocycles. The van der Waals surface area contributed by atoms with Gasteiger partial charge in [-0.2, -0.15) is 0 Å². The molecule has 0 saturated heterocycles. The lowest BCUT2D eigenvalue weighted by Crippen LogP contribution is -2.29. The van der Waals surface area contributed by atoms with Gasteiger partial charge in [0.25, 0.3) is 11.5 Å². The van der Waals surface area contributed by atoms with Crippen LogP contribution in [-0.2, 0) is 6.54 Å². The Kier molecular flexibility index (Phi) is 4.81. The Morgan fingerprint density at radius 1 is 1.24 bits per heavy atom. The van der Waals surface area contributed by atoms with Crippen molar-refractivity contribution in [1.29, 1.82) is 0 Å². The fourth-order valence-electron chi connectivity index (χ4n) is 3.10. The predicted molar refractivity (Wildman–Crippen MR) is 111 cm³/mol. The number of aromatic nitrogens is 4. The Labute approximate surface area is 169 Å². The average Bonchev–Trinajstić information content (AvgIpc) is 3.17. The minimum atomic E-state index is -0.736. The van der Waals surface area contributed by atoms with Gasteiger partial charge in [0.05, 0.1) is 5.52 Å². The second-order valence-electron chi connectivity index (χ2n) is 6.38. The van der Waals surface area contributed by atoms with E-state index in [0.717, 1.165) is 16.9 Å². The van der Waals surface area contributed by atoms with E-state index < -0.39 is 11.5 Å². The molecule has 1 amide bonds. The maximum Gasteiger partial charge on any atom is 0.267 e. The van der Waals surface area contributed by atoms with Gasteiger partial charge in [-0.25, -0.2) is 0 Å². The first-order chi connectivity index (χ1) is 14.0. The van der Waals surface area contributed by atoms with E-state index in [9.17, 15) is 14.7 Å². The quantitative estimate of drug-likeness (QED) is 0.538. The Hall–Kier alpha value is -3.59. The normalized spacial score (nSPS) is 11.0. The van der Waals surface area contributed by atoms with E-state index in [2.05, 4.69) is 20.5 Å². The third-order valence-corrected chi connectivity index (χ3v) is 5.33. The number of rotatable bonds is 4. The number of anilines is 1. The van der Waals surface area contributed by atoms with Gasteiger partial charge in [-0.3, -0.25) is 19.9 Å². The highest BCUT2D eigenvalue weighted by Crippen LogP contribution is 2.28. The number of nitrogens with zero attached hydrogens (tertiary/aromatic N) is 4. The van der Waals surface area contributed by atoms with Gasteiger partial charge in [-0.15, -0.1) is 10.2 Å². The zero-order valence-corrected chi connectivity index (χ0v) is 16.5. The van der Waals surface area contributed by atoms with Gasteiger partial charge in [-0.1, -0.05) is 23.5 Å². The number of amides is 1. The summed E-state index contributed by atoms with van der Waals surface area (Å²) in [6, 6.07) is 10.6. The second kappa shape index (κ2) is 7.44. The van der Waals surface area contributed by atoms with Gasteiger partial charge < -0.3 is 9.67 Å². The fourth-order valence-corrected chi connectivity index (χ4v) is 3.80. The van der Waals surface area contributed by atoms with E-state index in [4.69, 9.17) is 0 Å². The summed E-state index contributed by atoms with van der Waals surface area (Å²) >= 11 is 1.14. The first-order valence-electron chi connectivity index (χ1n) is 8.92. The van der Waals surface area contributed by atoms with Crippen LogP contribution in [0.4, 0.5) is 5.13 Å². The van der Waals surface area contributed by atoms with Crippen LogP contribution < -0.4 is 10.9 Å². The standard InChI is InChI=1S/C20H17N5O3S/c1-3-25-14-7-5-4-6-12(14)16(26)15(19(25)28)17(27)22-20-24-23-18(29-20)13-10-11(2)8-9-21-13/h4-10,26H,3H2,1-2H3,(H,22,24,27). The fraction of sp³-hybridized carbons (Fsp3) is 0.150. The predicted octanol–water partition coefficient (Wildman–Crippen LogP) is 3.20. The molecular formula is C20H17N5O3S. The van der Waals surface area contributed by atoms with Crippen LogP contribution in [0.3, 0.4) is 0 Å². The molecule has 0 aliphatic carbocycles. The van der Waals surface area contributed by atoms with E-state index in [-0.39, 0.29) is 16.4 Å². The molecule has 4 rings (SSSR count). The first-order valence-corrected chi connectivity index (χ1v) is 9.73. The van der Waals surface area contributed by atoms with Crippen LogP contribution in [0, 0.1) is 6.92 Å². The van der Waals surface area contributed by atoms with Gasteiger partial charge in [-0.05, 0) is 43.7 Å². The van der Waals surface area contributed by atoms with E-state index in [0.29, 0.717) is 28.1 Å². The zero-order chi connectivity index (χ0) is 20.5. The number of carbonyl (C=O) groups is 1. The molecule has 0 unspecified atom stereocenters. The number of pyridine rings is 2. The minimum Gasteiger partial charge on any atom is -0.506 e. The van der Waals surface area contributed by atoms with Crippen LogP contribution in [0.5, 0.6) is 5.75 Å². The number of carbonyl (C=O) groups excluding carboxylic acids is 1. The number of fused-ring (bicyclic) bond motifs is 1. The van der Waals surface area contributed by atoms with Crippen LogP contribution in [0.25, 0.3) is 21.6 Å². The third-order valence-electron chi connectivity index (χ3n) is 4.47. The monoisotopic (exact) mass is 407 g/mol. The largest absolute Gasteiger partial charge is 0.506 e. The highest BCUT2D eigenvalue weighted by Gasteiger charge is 2.23. The molecule has 0 fully saturated rings. The van der Waals surface area contributed by atoms with Crippen LogP contribution >= 0.6 is 11.3 Å². The molecular weight excluding hydrogens is 390 g/mol. The molecule has 3 heterocycles. The van der Waals surface area contributed by atoms with Gasteiger partial charge in [0.1, 0.15) is 17.0 Å². The van der Waals surface area contributed by atoms with Crippen molar-refractivity contribution in [1.82, 2.24) is 19.7 Å². The minimum absolute atomic E-state index is 0.211. The summed E-state index contributed by atoms with van der Waals surface area (Å²) in [4.78, 5) is 29.9. The van der Waals surface area contributed by atoms with Crippen LogP contribution in [0.2, 0.25) is 0 Å². The number of para-hydroxylation sites is 1. The van der Waals surface area contributed by atoms with Crippen LogP contribution in [0.1, 0.15) is 22.8 Å². The summed E-state index contributed by atoms with van der Waals surface area (Å²) in [5.74, 6) is -1.08. The summed E-state index contributed by atoms with van der Waals surface area (Å²) in [7, 11) is 0. The summed E-state index contributed by atoms with van der Waals surface area (Å²) in [6.45, 7) is 4.11. The molecule has 0 radical (unpaired) electrons. The van der Waals surface area contributed by atoms with E-state index in [1.807, 2.05) is 19.1 Å². The average molecular weight is 407 g/mol. The summed E-state index contributed by atoms with van der Waals surface area (Å²) in [6.07, 6.45) is 1.67. The first kappa shape index (κ1) is 18.8. The van der Waals surface area contributed by atoms with Gasteiger partial charge in [0, 0.05) is 18.1 Å². The van der Waals surface area contributed by atoms with Crippen LogP contribution in [0.15, 0.2) is 47.4 Å². The van der Waals surface area contributed by atoms with Crippen molar-refractivity contribution in [2.24, 2.45) is 0 Å². The molecule has 0 aliphatic heterocycles. The molecule has 4 aromatic rings. The summed E-state index contributed by atoms with van der Waals surface area (Å²) < 4.78 is 1.45. The lowest BCUT2D eigenvalue weighted by Gasteiger charge is -2.12. The Morgan fingerprint density at radius 2 is 2.03 bits per heavy atom. The van der Waals surface area contributed by atoms with Crippen molar-refractivity contribution >= 4 is 33.3 Å². The van der Waals surface area contributed by atoms with Gasteiger partial charge in [0.15, 0.2) is 5.01 Å². The SMILES string of the molecule is CCn1c(=O)c(C(=O)Nc2nnc(-c3cc(C)ccn3)s2)c(O)c2ccccc21. The molecule has 0 saturated carbocycles. The zero-order valence-electron chi connectivity index (χ0n) is 15.7. The maximum absolute atomic E-state index is 12.8. The Bertz CT molecular complexity index is 1300. The van der Waals surface area contributed by atoms with Gasteiger partial charge in [0.2, 0.25) is 5.13 Å². The molecule has 0 bridgehead atoms. The lowest BCUT2D eigenvalue weighted by atomic mass is 10.1. The molecule has 2 N–H and O–H groups in total. The molecule has 9 heteroatoms. The summed E-state index contributed by atoms with van der Waals surface area (Å²) in [5.41, 5.74) is 1.35. The number of aryl methyl sites for hydroxylation is 2. The molecule has 0 aliphatic rings. The van der Waals surface area contributed by atoms with Crippen molar-refractivity contribution in [3.8, 4) is 16.5 Å². The lowest BCUT2D eigenvalue weighted by molar-refractivity contribution is 0.102. The number of benzene rings is 1. The summed E-state index contributed by atoms with van der Waals surface area (Å²) in [5, 5.41) is 22.3. The number of hydrogen-bond donors (Lipinski definition) is 2. The molecule has 29 heavy (non-hydrogen) atoms. The van der Waals surface area contributed by atoms with Crippen molar-refractivity contribution in [2.75, 3.05) is 5.32 Å². The maximum atomic E-state index is 12.8. The highest BCUT2D eigenvalue weighted by molar-refractivity contribution is 7.18.